The average molecular weight is 299 g/mol. The first kappa shape index (κ1) is 18.4. The van der Waals surface area contributed by atoms with Crippen molar-refractivity contribution in [3.8, 4) is 0 Å². The molecule has 1 unspecified atom stereocenters. The second-order valence-electron chi connectivity index (χ2n) is 6.90. The van der Waals surface area contributed by atoms with Gasteiger partial charge in [0, 0.05) is 12.6 Å². The number of nitrogens with one attached hydrogen (secondary N) is 1. The van der Waals surface area contributed by atoms with Crippen molar-refractivity contribution in [1.29, 1.82) is 0 Å². The monoisotopic (exact) mass is 299 g/mol. The van der Waals surface area contributed by atoms with E-state index in [-0.39, 0.29) is 6.04 Å². The Labute approximate surface area is 129 Å². The number of hydrogen-bond donors (Lipinski definition) is 2. The minimum atomic E-state index is -0.807. The summed E-state index contributed by atoms with van der Waals surface area (Å²) in [6.45, 7) is 8.90. The van der Waals surface area contributed by atoms with Gasteiger partial charge in [-0.1, -0.05) is 13.8 Å². The lowest BCUT2D eigenvalue weighted by Crippen LogP contribution is -2.54. The molecular weight excluding hydrogens is 266 g/mol. The molecule has 0 aromatic carbocycles. The number of carboxylic acid groups (broad SMARTS) is 1. The van der Waals surface area contributed by atoms with Gasteiger partial charge in [-0.3, -0.25) is 10.1 Å². The molecule has 0 bridgehead atoms. The van der Waals surface area contributed by atoms with Gasteiger partial charge >= 0.3 is 5.97 Å². The molecule has 0 amide bonds. The second-order valence-corrected chi connectivity index (χ2v) is 6.90. The summed E-state index contributed by atoms with van der Waals surface area (Å²) in [5.41, 5.74) is -0.807. The zero-order valence-corrected chi connectivity index (χ0v) is 14.2. The van der Waals surface area contributed by atoms with Gasteiger partial charge in [0.15, 0.2) is 0 Å². The van der Waals surface area contributed by atoms with E-state index >= 15 is 0 Å². The summed E-state index contributed by atoms with van der Waals surface area (Å²) in [4.78, 5) is 11.6. The molecular formula is C17H33NO3. The predicted molar refractivity (Wildman–Crippen MR) is 85.5 cm³/mol. The number of rotatable bonds is 9. The van der Waals surface area contributed by atoms with E-state index in [1.807, 2.05) is 20.8 Å². The predicted octanol–water partition coefficient (Wildman–Crippen LogP) is 3.59. The number of carbonyl (C=O) groups is 1. The average Bonchev–Trinajstić information content (AvgIpc) is 2.43. The Morgan fingerprint density at radius 2 is 1.95 bits per heavy atom. The molecule has 0 aromatic rings. The maximum absolute atomic E-state index is 11.6. The van der Waals surface area contributed by atoms with E-state index in [1.54, 1.807) is 0 Å². The molecule has 0 radical (unpaired) electrons. The summed E-state index contributed by atoms with van der Waals surface area (Å²) < 4.78 is 5.94. The van der Waals surface area contributed by atoms with Crippen LogP contribution >= 0.6 is 0 Å². The minimum Gasteiger partial charge on any atom is -0.480 e. The lowest BCUT2D eigenvalue weighted by atomic mass is 9.88. The van der Waals surface area contributed by atoms with Gasteiger partial charge in [0.1, 0.15) is 5.54 Å². The highest BCUT2D eigenvalue weighted by atomic mass is 16.5. The van der Waals surface area contributed by atoms with Gasteiger partial charge < -0.3 is 9.84 Å². The first-order valence-corrected chi connectivity index (χ1v) is 8.52. The van der Waals surface area contributed by atoms with Crippen LogP contribution in [0.25, 0.3) is 0 Å². The molecule has 0 saturated heterocycles. The van der Waals surface area contributed by atoms with Crippen molar-refractivity contribution < 1.29 is 14.6 Å². The largest absolute Gasteiger partial charge is 0.480 e. The van der Waals surface area contributed by atoms with Gasteiger partial charge in [0.05, 0.1) is 6.10 Å². The van der Waals surface area contributed by atoms with Crippen molar-refractivity contribution in [2.45, 2.75) is 90.3 Å². The third kappa shape index (κ3) is 5.95. The quantitative estimate of drug-likeness (QED) is 0.639. The zero-order valence-electron chi connectivity index (χ0n) is 14.2. The molecule has 0 aromatic heterocycles. The molecule has 1 aliphatic rings. The maximum Gasteiger partial charge on any atom is 0.323 e. The van der Waals surface area contributed by atoms with E-state index in [0.29, 0.717) is 25.6 Å². The van der Waals surface area contributed by atoms with Crippen LogP contribution in [0.3, 0.4) is 0 Å². The van der Waals surface area contributed by atoms with Crippen LogP contribution in [0.4, 0.5) is 0 Å². The molecule has 1 rings (SSSR count). The van der Waals surface area contributed by atoms with Crippen molar-refractivity contribution >= 4 is 5.97 Å². The number of aliphatic carboxylic acids is 1. The molecule has 1 aliphatic carbocycles. The summed E-state index contributed by atoms with van der Waals surface area (Å²) in [6, 6.07) is 0.168. The van der Waals surface area contributed by atoms with Crippen LogP contribution in [0.1, 0.15) is 72.6 Å². The first-order valence-electron chi connectivity index (χ1n) is 8.52. The Bertz CT molecular complexity index is 311. The maximum atomic E-state index is 11.6. The Morgan fingerprint density at radius 3 is 2.43 bits per heavy atom. The van der Waals surface area contributed by atoms with Crippen LogP contribution in [0, 0.1) is 5.92 Å². The van der Waals surface area contributed by atoms with Crippen LogP contribution < -0.4 is 5.32 Å². The normalized spacial score (nSPS) is 25.8. The van der Waals surface area contributed by atoms with E-state index in [2.05, 4.69) is 12.2 Å². The number of carboxylic acids is 1. The smallest absolute Gasteiger partial charge is 0.323 e. The molecule has 21 heavy (non-hydrogen) atoms. The molecule has 0 heterocycles. The standard InChI is InChI=1S/C17H33NO3/c1-5-17(16(19)20,18-13(2)3)11-6-12-21-15-9-7-14(4)8-10-15/h13-15,18H,5-12H2,1-4H3,(H,19,20). The van der Waals surface area contributed by atoms with Crippen LogP contribution in [0.5, 0.6) is 0 Å². The van der Waals surface area contributed by atoms with Crippen LogP contribution in [-0.2, 0) is 9.53 Å². The lowest BCUT2D eigenvalue weighted by Gasteiger charge is -2.32. The lowest BCUT2D eigenvalue weighted by molar-refractivity contribution is -0.146. The molecule has 1 fully saturated rings. The van der Waals surface area contributed by atoms with Crippen LogP contribution in [-0.4, -0.2) is 35.4 Å². The van der Waals surface area contributed by atoms with Gasteiger partial charge in [0.25, 0.3) is 0 Å². The van der Waals surface area contributed by atoms with Gasteiger partial charge in [-0.25, -0.2) is 0 Å². The minimum absolute atomic E-state index is 0.168. The molecule has 4 nitrogen and oxygen atoms in total. The van der Waals surface area contributed by atoms with Gasteiger partial charge in [-0.15, -0.1) is 0 Å². The van der Waals surface area contributed by atoms with Gasteiger partial charge in [-0.05, 0) is 64.7 Å². The molecule has 2 N–H and O–H groups in total. The highest BCUT2D eigenvalue weighted by molar-refractivity contribution is 5.78. The third-order valence-electron chi connectivity index (χ3n) is 4.64. The topological polar surface area (TPSA) is 58.6 Å². The summed E-state index contributed by atoms with van der Waals surface area (Å²) in [5, 5.41) is 12.8. The summed E-state index contributed by atoms with van der Waals surface area (Å²) in [5.74, 6) is 0.0880. The first-order chi connectivity index (χ1) is 9.89. The van der Waals surface area contributed by atoms with Crippen LogP contribution in [0.15, 0.2) is 0 Å². The summed E-state index contributed by atoms with van der Waals surface area (Å²) >= 11 is 0. The number of ether oxygens (including phenoxy) is 1. The Hall–Kier alpha value is -0.610. The summed E-state index contributed by atoms with van der Waals surface area (Å²) in [7, 11) is 0. The highest BCUT2D eigenvalue weighted by Crippen LogP contribution is 2.26. The van der Waals surface area contributed by atoms with Crippen molar-refractivity contribution in [1.82, 2.24) is 5.32 Å². The van der Waals surface area contributed by atoms with E-state index in [9.17, 15) is 9.90 Å². The SMILES string of the molecule is CCC(CCCOC1CCC(C)CC1)(NC(C)C)C(=O)O. The highest BCUT2D eigenvalue weighted by Gasteiger charge is 2.36. The van der Waals surface area contributed by atoms with Crippen molar-refractivity contribution in [3.05, 3.63) is 0 Å². The molecule has 0 aliphatic heterocycles. The Balaban J connectivity index is 2.34. The van der Waals surface area contributed by atoms with Gasteiger partial charge in [0.2, 0.25) is 0 Å². The fraction of sp³-hybridized carbons (Fsp3) is 0.941. The van der Waals surface area contributed by atoms with E-state index in [1.165, 1.54) is 12.8 Å². The Kier molecular flexibility index (Phi) is 7.67. The van der Waals surface area contributed by atoms with Crippen LogP contribution in [0.2, 0.25) is 0 Å². The third-order valence-corrected chi connectivity index (χ3v) is 4.64. The second kappa shape index (κ2) is 8.74. The van der Waals surface area contributed by atoms with E-state index in [4.69, 9.17) is 4.74 Å². The zero-order chi connectivity index (χ0) is 15.9. The Morgan fingerprint density at radius 1 is 1.33 bits per heavy atom. The fourth-order valence-corrected chi connectivity index (χ4v) is 3.24. The fourth-order valence-electron chi connectivity index (χ4n) is 3.24. The van der Waals surface area contributed by atoms with E-state index < -0.39 is 11.5 Å². The van der Waals surface area contributed by atoms with Gasteiger partial charge in [-0.2, -0.15) is 0 Å². The van der Waals surface area contributed by atoms with E-state index in [0.717, 1.165) is 25.2 Å². The van der Waals surface area contributed by atoms with Crippen molar-refractivity contribution in [3.63, 3.8) is 0 Å². The summed E-state index contributed by atoms with van der Waals surface area (Å²) in [6.07, 6.45) is 7.24. The molecule has 0 spiro atoms. The molecule has 124 valence electrons. The molecule has 1 saturated carbocycles. The van der Waals surface area contributed by atoms with Crippen molar-refractivity contribution in [2.24, 2.45) is 5.92 Å². The number of hydrogen-bond acceptors (Lipinski definition) is 3. The molecule has 4 heteroatoms. The molecule has 1 atom stereocenters. The van der Waals surface area contributed by atoms with Crippen molar-refractivity contribution in [2.75, 3.05) is 6.61 Å².